The largest absolute Gasteiger partial charge is 0.461 e. The number of ether oxygens (including phenoxy) is 1. The van der Waals surface area contributed by atoms with Crippen LogP contribution < -0.4 is 0 Å². The molecule has 0 radical (unpaired) electrons. The molecule has 0 N–H and O–H groups in total. The van der Waals surface area contributed by atoms with Crippen LogP contribution in [-0.4, -0.2) is 23.3 Å². The zero-order chi connectivity index (χ0) is 17.5. The Morgan fingerprint density at radius 1 is 1.04 bits per heavy atom. The first kappa shape index (κ1) is 17.0. The predicted octanol–water partition coefficient (Wildman–Crippen LogP) is 4.36. The van der Waals surface area contributed by atoms with Crippen LogP contribution in [-0.2, 0) is 11.3 Å². The summed E-state index contributed by atoms with van der Waals surface area (Å²) in [5.74, 6) is -0.389. The maximum absolute atomic E-state index is 11.7. The Hall–Kier alpha value is -2.79. The normalized spacial score (nSPS) is 10.3. The number of hydrogen-bond acceptors (Lipinski definition) is 5. The van der Waals surface area contributed by atoms with Crippen molar-refractivity contribution in [2.24, 2.45) is 4.99 Å². The average Bonchev–Trinajstić information content (AvgIpc) is 3.13. The van der Waals surface area contributed by atoms with E-state index in [4.69, 9.17) is 9.73 Å². The van der Waals surface area contributed by atoms with Gasteiger partial charge in [-0.1, -0.05) is 60.7 Å². The highest BCUT2D eigenvalue weighted by Crippen LogP contribution is 2.15. The predicted molar refractivity (Wildman–Crippen MR) is 100 cm³/mol. The van der Waals surface area contributed by atoms with Crippen molar-refractivity contribution in [2.75, 3.05) is 6.61 Å². The van der Waals surface area contributed by atoms with E-state index in [1.807, 2.05) is 60.7 Å². The van der Waals surface area contributed by atoms with Crippen LogP contribution in [0.4, 0.5) is 0 Å². The summed E-state index contributed by atoms with van der Waals surface area (Å²) in [6.45, 7) is 2.54. The first-order chi connectivity index (χ1) is 12.3. The van der Waals surface area contributed by atoms with Gasteiger partial charge in [0.2, 0.25) is 0 Å². The van der Waals surface area contributed by atoms with Crippen LogP contribution in [0.3, 0.4) is 0 Å². The zero-order valence-electron chi connectivity index (χ0n) is 13.9. The van der Waals surface area contributed by atoms with Crippen molar-refractivity contribution in [2.45, 2.75) is 13.5 Å². The van der Waals surface area contributed by atoms with E-state index in [0.29, 0.717) is 18.8 Å². The van der Waals surface area contributed by atoms with Gasteiger partial charge < -0.3 is 4.74 Å². The van der Waals surface area contributed by atoms with Crippen molar-refractivity contribution in [3.05, 3.63) is 87.9 Å². The zero-order valence-corrected chi connectivity index (χ0v) is 14.7. The van der Waals surface area contributed by atoms with E-state index in [0.717, 1.165) is 21.8 Å². The number of nitrogens with zero attached hydrogens (tertiary/aromatic N) is 2. The number of carbonyl (C=O) groups is 1. The molecule has 1 aromatic heterocycles. The van der Waals surface area contributed by atoms with Crippen LogP contribution in [0.15, 0.2) is 71.0 Å². The molecule has 3 rings (SSSR count). The van der Waals surface area contributed by atoms with Crippen molar-refractivity contribution in [3.8, 4) is 0 Å². The molecule has 0 unspecified atom stereocenters. The fraction of sp³-hybridized carbons (Fsp3) is 0.150. The number of rotatable bonds is 6. The fourth-order valence-electron chi connectivity index (χ4n) is 2.37. The maximum Gasteiger partial charge on any atom is 0.357 e. The Morgan fingerprint density at radius 3 is 2.20 bits per heavy atom. The van der Waals surface area contributed by atoms with Crippen LogP contribution in [0.25, 0.3) is 0 Å². The molecule has 5 heteroatoms. The molecule has 25 heavy (non-hydrogen) atoms. The number of carbonyl (C=O) groups excluding carboxylic acids is 1. The van der Waals surface area contributed by atoms with E-state index < -0.39 is 0 Å². The van der Waals surface area contributed by atoms with Crippen molar-refractivity contribution < 1.29 is 9.53 Å². The minimum Gasteiger partial charge on any atom is -0.461 e. The molecule has 1 heterocycles. The molecular formula is C20H18N2O2S. The van der Waals surface area contributed by atoms with Crippen LogP contribution >= 0.6 is 11.3 Å². The van der Waals surface area contributed by atoms with Crippen molar-refractivity contribution in [3.63, 3.8) is 0 Å². The van der Waals surface area contributed by atoms with Gasteiger partial charge >= 0.3 is 5.97 Å². The smallest absolute Gasteiger partial charge is 0.357 e. The second-order valence-corrected chi connectivity index (χ2v) is 6.19. The number of aliphatic imine (C=N–C) groups is 1. The lowest BCUT2D eigenvalue weighted by molar-refractivity contribution is 0.0520. The number of hydrogen-bond donors (Lipinski definition) is 0. The Labute approximate surface area is 150 Å². The summed E-state index contributed by atoms with van der Waals surface area (Å²) in [7, 11) is 0. The summed E-state index contributed by atoms with van der Waals surface area (Å²) in [6.07, 6.45) is 0. The van der Waals surface area contributed by atoms with Gasteiger partial charge in [-0.15, -0.1) is 11.3 Å². The summed E-state index contributed by atoms with van der Waals surface area (Å²) < 4.78 is 4.97. The van der Waals surface area contributed by atoms with Gasteiger partial charge in [0.15, 0.2) is 5.69 Å². The number of aromatic nitrogens is 1. The summed E-state index contributed by atoms with van der Waals surface area (Å²) in [5.41, 5.74) is 3.36. The molecule has 0 fully saturated rings. The van der Waals surface area contributed by atoms with Gasteiger partial charge in [0.05, 0.1) is 18.9 Å². The van der Waals surface area contributed by atoms with E-state index in [-0.39, 0.29) is 5.97 Å². The Morgan fingerprint density at radius 2 is 1.64 bits per heavy atom. The summed E-state index contributed by atoms with van der Waals surface area (Å²) in [6, 6.07) is 20.1. The Kier molecular flexibility index (Phi) is 5.69. The van der Waals surface area contributed by atoms with Gasteiger partial charge in [-0.2, -0.15) is 0 Å². The number of esters is 1. The third-order valence-electron chi connectivity index (χ3n) is 3.50. The minimum absolute atomic E-state index is 0.343. The van der Waals surface area contributed by atoms with Crippen molar-refractivity contribution >= 4 is 23.0 Å². The lowest BCUT2D eigenvalue weighted by Gasteiger charge is -2.07. The van der Waals surface area contributed by atoms with E-state index >= 15 is 0 Å². The topological polar surface area (TPSA) is 51.5 Å². The number of thiazole rings is 1. The van der Waals surface area contributed by atoms with Gasteiger partial charge in [0.1, 0.15) is 5.01 Å². The van der Waals surface area contributed by atoms with Crippen molar-refractivity contribution in [1.29, 1.82) is 0 Å². The molecule has 0 aliphatic rings. The standard InChI is InChI=1S/C20H18N2O2S/c1-2-24-20(23)17-14-25-18(22-17)13-21-19(15-9-5-3-6-10-15)16-11-7-4-8-12-16/h3-12,14H,2,13H2,1H3. The van der Waals surface area contributed by atoms with Crippen LogP contribution in [0.1, 0.15) is 33.5 Å². The number of benzene rings is 2. The van der Waals surface area contributed by atoms with Gasteiger partial charge in [0.25, 0.3) is 0 Å². The summed E-state index contributed by atoms with van der Waals surface area (Å²) >= 11 is 1.42. The molecule has 0 bridgehead atoms. The second kappa shape index (κ2) is 8.35. The van der Waals surface area contributed by atoms with E-state index in [9.17, 15) is 4.79 Å². The Balaban J connectivity index is 1.86. The Bertz CT molecular complexity index is 816. The van der Waals surface area contributed by atoms with E-state index in [1.54, 1.807) is 12.3 Å². The van der Waals surface area contributed by atoms with Crippen LogP contribution in [0, 0.1) is 0 Å². The first-order valence-corrected chi connectivity index (χ1v) is 8.92. The van der Waals surface area contributed by atoms with E-state index in [1.165, 1.54) is 11.3 Å². The molecule has 2 aromatic carbocycles. The fourth-order valence-corrected chi connectivity index (χ4v) is 3.06. The summed E-state index contributed by atoms with van der Waals surface area (Å²) in [5, 5.41) is 2.50. The van der Waals surface area contributed by atoms with Crippen LogP contribution in [0.2, 0.25) is 0 Å². The van der Waals surface area contributed by atoms with Gasteiger partial charge in [-0.25, -0.2) is 9.78 Å². The first-order valence-electron chi connectivity index (χ1n) is 8.04. The van der Waals surface area contributed by atoms with Crippen molar-refractivity contribution in [1.82, 2.24) is 4.98 Å². The second-order valence-electron chi connectivity index (χ2n) is 5.24. The van der Waals surface area contributed by atoms with E-state index in [2.05, 4.69) is 4.98 Å². The van der Waals surface area contributed by atoms with Gasteiger partial charge in [0, 0.05) is 16.5 Å². The molecule has 0 saturated carbocycles. The third-order valence-corrected chi connectivity index (χ3v) is 4.34. The van der Waals surface area contributed by atoms with Gasteiger partial charge in [-0.05, 0) is 6.92 Å². The highest BCUT2D eigenvalue weighted by Gasteiger charge is 2.12. The minimum atomic E-state index is -0.389. The molecule has 126 valence electrons. The molecular weight excluding hydrogens is 332 g/mol. The SMILES string of the molecule is CCOC(=O)c1csc(CN=C(c2ccccc2)c2ccccc2)n1. The summed E-state index contributed by atoms with van der Waals surface area (Å²) in [4.78, 5) is 20.8. The molecule has 3 aromatic rings. The molecule has 0 saturated heterocycles. The molecule has 4 nitrogen and oxygen atoms in total. The highest BCUT2D eigenvalue weighted by molar-refractivity contribution is 7.09. The van der Waals surface area contributed by atoms with Crippen LogP contribution in [0.5, 0.6) is 0 Å². The van der Waals surface area contributed by atoms with Gasteiger partial charge in [-0.3, -0.25) is 4.99 Å². The monoisotopic (exact) mass is 350 g/mol. The quantitative estimate of drug-likeness (QED) is 0.490. The highest BCUT2D eigenvalue weighted by atomic mass is 32.1. The molecule has 0 atom stereocenters. The maximum atomic E-state index is 11.7. The molecule has 0 amide bonds. The third kappa shape index (κ3) is 4.39. The lowest BCUT2D eigenvalue weighted by Crippen LogP contribution is -2.05. The molecule has 0 aliphatic heterocycles. The molecule has 0 spiro atoms. The lowest BCUT2D eigenvalue weighted by atomic mass is 10.0. The molecule has 0 aliphatic carbocycles. The average molecular weight is 350 g/mol.